The van der Waals surface area contributed by atoms with E-state index in [9.17, 15) is 4.79 Å². The van der Waals surface area contributed by atoms with Crippen molar-refractivity contribution in [3.63, 3.8) is 0 Å². The molecule has 2 aromatic carbocycles. The summed E-state index contributed by atoms with van der Waals surface area (Å²) >= 11 is 6.23. The van der Waals surface area contributed by atoms with E-state index in [0.717, 1.165) is 22.4 Å². The van der Waals surface area contributed by atoms with Crippen LogP contribution in [0.1, 0.15) is 25.3 Å². The Labute approximate surface area is 203 Å². The maximum atomic E-state index is 12.8. The number of furan rings is 1. The first kappa shape index (κ1) is 22.2. The quantitative estimate of drug-likeness (QED) is 0.390. The lowest BCUT2D eigenvalue weighted by Crippen LogP contribution is -2.50. The van der Waals surface area contributed by atoms with E-state index in [0.29, 0.717) is 48.7 Å². The number of rotatable bonds is 4. The summed E-state index contributed by atoms with van der Waals surface area (Å²) in [5.41, 5.74) is 2.81. The highest BCUT2D eigenvalue weighted by atomic mass is 35.5. The molecule has 2 amide bonds. The average Bonchev–Trinajstić information content (AvgIpc) is 3.39. The molecule has 0 atom stereocenters. The number of urea groups is 1. The lowest BCUT2D eigenvalue weighted by molar-refractivity contribution is 0.208. The van der Waals surface area contributed by atoms with Crippen molar-refractivity contribution in [2.24, 2.45) is 0 Å². The number of amides is 2. The Morgan fingerprint density at radius 1 is 1.03 bits per heavy atom. The molecule has 0 radical (unpaired) electrons. The number of aromatic nitrogens is 2. The number of carbonyl (C=O) groups excluding carboxylic acids is 1. The third-order valence-corrected chi connectivity index (χ3v) is 6.31. The van der Waals surface area contributed by atoms with E-state index in [4.69, 9.17) is 21.0 Å². The van der Waals surface area contributed by atoms with Crippen LogP contribution in [0.15, 0.2) is 65.3 Å². The fourth-order valence-corrected chi connectivity index (χ4v) is 4.28. The van der Waals surface area contributed by atoms with E-state index < -0.39 is 0 Å². The third kappa shape index (κ3) is 4.56. The number of anilines is 2. The predicted octanol–water partition coefficient (Wildman–Crippen LogP) is 6.02. The normalized spacial score (nSPS) is 14.1. The van der Waals surface area contributed by atoms with Crippen molar-refractivity contribution in [2.45, 2.75) is 19.8 Å². The molecule has 1 aliphatic rings. The molecule has 1 saturated heterocycles. The molecule has 2 aromatic heterocycles. The zero-order valence-electron chi connectivity index (χ0n) is 19.2. The molecular formula is C26H26ClN5O2. The second kappa shape index (κ2) is 9.35. The first-order valence-electron chi connectivity index (χ1n) is 11.4. The largest absolute Gasteiger partial charge is 0.461 e. The van der Waals surface area contributed by atoms with E-state index in [2.05, 4.69) is 41.2 Å². The van der Waals surface area contributed by atoms with Crippen LogP contribution in [0.25, 0.3) is 22.5 Å². The zero-order chi connectivity index (χ0) is 23.7. The maximum Gasteiger partial charge on any atom is 0.321 e. The van der Waals surface area contributed by atoms with Gasteiger partial charge in [-0.25, -0.2) is 14.8 Å². The van der Waals surface area contributed by atoms with Crippen molar-refractivity contribution in [1.29, 1.82) is 0 Å². The summed E-state index contributed by atoms with van der Waals surface area (Å²) < 4.78 is 5.53. The molecule has 0 unspecified atom stereocenters. The second-order valence-electron chi connectivity index (χ2n) is 8.69. The SMILES string of the molecule is CC(C)c1ccc(NC(=O)N2CCN(c3nc(-c4ccco4)nc4cc(Cl)ccc34)CC2)cc1. The van der Waals surface area contributed by atoms with Crippen molar-refractivity contribution in [1.82, 2.24) is 14.9 Å². The number of carbonyl (C=O) groups is 1. The Kier molecular flexibility index (Phi) is 6.11. The fraction of sp³-hybridized carbons (Fsp3) is 0.269. The summed E-state index contributed by atoms with van der Waals surface area (Å²) in [6, 6.07) is 17.2. The minimum absolute atomic E-state index is 0.0902. The Hall–Kier alpha value is -3.58. The van der Waals surface area contributed by atoms with Crippen molar-refractivity contribution < 1.29 is 9.21 Å². The highest BCUT2D eigenvalue weighted by Crippen LogP contribution is 2.30. The molecule has 8 heteroatoms. The number of benzene rings is 2. The van der Waals surface area contributed by atoms with Gasteiger partial charge >= 0.3 is 6.03 Å². The van der Waals surface area contributed by atoms with Crippen LogP contribution in [-0.2, 0) is 0 Å². The van der Waals surface area contributed by atoms with Crippen LogP contribution in [-0.4, -0.2) is 47.1 Å². The van der Waals surface area contributed by atoms with E-state index in [1.54, 1.807) is 6.26 Å². The summed E-state index contributed by atoms with van der Waals surface area (Å²) in [5.74, 6) is 2.39. The van der Waals surface area contributed by atoms with Gasteiger partial charge in [0.2, 0.25) is 0 Å². The van der Waals surface area contributed by atoms with E-state index in [1.165, 1.54) is 5.56 Å². The molecular weight excluding hydrogens is 450 g/mol. The van der Waals surface area contributed by atoms with Gasteiger partial charge in [-0.15, -0.1) is 0 Å². The third-order valence-electron chi connectivity index (χ3n) is 6.08. The lowest BCUT2D eigenvalue weighted by Gasteiger charge is -2.35. The first-order valence-corrected chi connectivity index (χ1v) is 11.8. The summed E-state index contributed by atoms with van der Waals surface area (Å²) in [5, 5.41) is 4.55. The Morgan fingerprint density at radius 2 is 1.79 bits per heavy atom. The average molecular weight is 476 g/mol. The van der Waals surface area contributed by atoms with Gasteiger partial charge in [0.25, 0.3) is 0 Å². The smallest absolute Gasteiger partial charge is 0.321 e. The van der Waals surface area contributed by atoms with Gasteiger partial charge in [0.05, 0.1) is 11.8 Å². The molecule has 5 rings (SSSR count). The van der Waals surface area contributed by atoms with Crippen LogP contribution in [0.5, 0.6) is 0 Å². The molecule has 0 spiro atoms. The van der Waals surface area contributed by atoms with Crippen molar-refractivity contribution in [2.75, 3.05) is 36.4 Å². The van der Waals surface area contributed by atoms with Gasteiger partial charge < -0.3 is 19.5 Å². The van der Waals surface area contributed by atoms with Crippen molar-refractivity contribution >= 4 is 40.0 Å². The highest BCUT2D eigenvalue weighted by molar-refractivity contribution is 6.31. The maximum absolute atomic E-state index is 12.8. The monoisotopic (exact) mass is 475 g/mol. The Bertz CT molecular complexity index is 1300. The van der Waals surface area contributed by atoms with Gasteiger partial charge in [0, 0.05) is 42.3 Å². The molecule has 3 heterocycles. The summed E-state index contributed by atoms with van der Waals surface area (Å²) in [6.07, 6.45) is 1.61. The van der Waals surface area contributed by atoms with Gasteiger partial charge in [0.15, 0.2) is 11.6 Å². The van der Waals surface area contributed by atoms with Crippen molar-refractivity contribution in [3.05, 3.63) is 71.4 Å². The minimum atomic E-state index is -0.0902. The van der Waals surface area contributed by atoms with Gasteiger partial charge in [-0.1, -0.05) is 37.6 Å². The molecule has 1 aliphatic heterocycles. The molecule has 0 saturated carbocycles. The number of fused-ring (bicyclic) bond motifs is 1. The first-order chi connectivity index (χ1) is 16.5. The summed E-state index contributed by atoms with van der Waals surface area (Å²) in [6.45, 7) is 6.80. The van der Waals surface area contributed by atoms with Crippen LogP contribution in [0, 0.1) is 0 Å². The van der Waals surface area contributed by atoms with Crippen LogP contribution in [0.2, 0.25) is 5.02 Å². The van der Waals surface area contributed by atoms with E-state index in [1.807, 2.05) is 47.4 Å². The second-order valence-corrected chi connectivity index (χ2v) is 9.13. The standard InChI is InChI=1S/C26H26ClN5O2/c1-17(2)18-5-8-20(9-6-18)28-26(33)32-13-11-31(12-14-32)25-21-10-7-19(27)16-22(21)29-24(30-25)23-4-3-15-34-23/h3-10,15-17H,11-14H2,1-2H3,(H,28,33). The molecule has 4 aromatic rings. The number of halogens is 1. The molecule has 34 heavy (non-hydrogen) atoms. The van der Waals surface area contributed by atoms with Crippen LogP contribution >= 0.6 is 11.6 Å². The predicted molar refractivity (Wildman–Crippen MR) is 136 cm³/mol. The number of hydrogen-bond donors (Lipinski definition) is 1. The molecule has 174 valence electrons. The number of hydrogen-bond acceptors (Lipinski definition) is 5. The fourth-order valence-electron chi connectivity index (χ4n) is 4.12. The van der Waals surface area contributed by atoms with Gasteiger partial charge in [-0.3, -0.25) is 0 Å². The van der Waals surface area contributed by atoms with Crippen LogP contribution < -0.4 is 10.2 Å². The summed E-state index contributed by atoms with van der Waals surface area (Å²) in [4.78, 5) is 26.3. The Balaban J connectivity index is 1.32. The van der Waals surface area contributed by atoms with E-state index >= 15 is 0 Å². The van der Waals surface area contributed by atoms with Gasteiger partial charge in [-0.2, -0.15) is 0 Å². The van der Waals surface area contributed by atoms with Crippen LogP contribution in [0.4, 0.5) is 16.3 Å². The number of nitrogens with one attached hydrogen (secondary N) is 1. The lowest BCUT2D eigenvalue weighted by atomic mass is 10.0. The molecule has 0 aliphatic carbocycles. The Morgan fingerprint density at radius 3 is 2.47 bits per heavy atom. The molecule has 1 N–H and O–H groups in total. The van der Waals surface area contributed by atoms with Crippen LogP contribution in [0.3, 0.4) is 0 Å². The molecule has 1 fully saturated rings. The topological polar surface area (TPSA) is 74.5 Å². The highest BCUT2D eigenvalue weighted by Gasteiger charge is 2.24. The molecule has 0 bridgehead atoms. The summed E-state index contributed by atoms with van der Waals surface area (Å²) in [7, 11) is 0. The zero-order valence-corrected chi connectivity index (χ0v) is 19.9. The number of nitrogens with zero attached hydrogens (tertiary/aromatic N) is 4. The van der Waals surface area contributed by atoms with Gasteiger partial charge in [0.1, 0.15) is 5.82 Å². The minimum Gasteiger partial charge on any atom is -0.461 e. The molecule has 7 nitrogen and oxygen atoms in total. The van der Waals surface area contributed by atoms with Crippen molar-refractivity contribution in [3.8, 4) is 11.6 Å². The van der Waals surface area contributed by atoms with E-state index in [-0.39, 0.29) is 6.03 Å². The number of piperazine rings is 1. The van der Waals surface area contributed by atoms with Gasteiger partial charge in [-0.05, 0) is 53.9 Å².